The average Bonchev–Trinajstić information content (AvgIpc) is 3.09. The monoisotopic (exact) mass is 369 g/mol. The van der Waals surface area contributed by atoms with Crippen molar-refractivity contribution in [3.63, 3.8) is 0 Å². The van der Waals surface area contributed by atoms with E-state index < -0.39 is 11.7 Å². The Kier molecular flexibility index (Phi) is 5.85. The molecule has 1 aliphatic heterocycles. The van der Waals surface area contributed by atoms with Crippen LogP contribution in [-0.4, -0.2) is 28.4 Å². The zero-order chi connectivity index (χ0) is 18.7. The van der Waals surface area contributed by atoms with Crippen LogP contribution < -0.4 is 5.32 Å². The lowest BCUT2D eigenvalue weighted by molar-refractivity contribution is -0.138. The van der Waals surface area contributed by atoms with Gasteiger partial charge < -0.3 is 5.32 Å². The summed E-state index contributed by atoms with van der Waals surface area (Å²) in [6.45, 7) is 2.07. The van der Waals surface area contributed by atoms with Crippen molar-refractivity contribution >= 4 is 5.91 Å². The number of amides is 1. The summed E-state index contributed by atoms with van der Waals surface area (Å²) in [5.41, 5.74) is -0.169. The Morgan fingerprint density at radius 3 is 2.62 bits per heavy atom. The predicted octanol–water partition coefficient (Wildman–Crippen LogP) is 4.21. The van der Waals surface area contributed by atoms with Crippen LogP contribution in [-0.2, 0) is 17.5 Å². The summed E-state index contributed by atoms with van der Waals surface area (Å²) in [5.74, 6) is -0.360. The molecule has 2 aliphatic rings. The highest BCUT2D eigenvalue weighted by atomic mass is 19.4. The molecule has 2 fully saturated rings. The van der Waals surface area contributed by atoms with Crippen molar-refractivity contribution in [2.75, 3.05) is 6.54 Å². The Morgan fingerprint density at radius 1 is 1.23 bits per heavy atom. The minimum absolute atomic E-state index is 0.0127. The molecule has 0 bridgehead atoms. The van der Waals surface area contributed by atoms with Crippen LogP contribution in [0.5, 0.6) is 0 Å². The van der Waals surface area contributed by atoms with Crippen LogP contribution in [0.2, 0.25) is 0 Å². The third-order valence-electron chi connectivity index (χ3n) is 5.52. The summed E-state index contributed by atoms with van der Waals surface area (Å²) >= 11 is 0. The van der Waals surface area contributed by atoms with E-state index in [1.807, 2.05) is 0 Å². The third kappa shape index (κ3) is 4.37. The molecule has 1 aromatic heterocycles. The van der Waals surface area contributed by atoms with E-state index in [2.05, 4.69) is 15.2 Å². The molecule has 1 aromatic rings. The van der Waals surface area contributed by atoms with Crippen LogP contribution in [0, 0.1) is 0 Å². The van der Waals surface area contributed by atoms with Gasteiger partial charge in [0.2, 0.25) is 5.91 Å². The summed E-state index contributed by atoms with van der Waals surface area (Å²) in [5, 5.41) is 2.43. The van der Waals surface area contributed by atoms with Gasteiger partial charge in [-0.25, -0.2) is 0 Å². The average molecular weight is 369 g/mol. The highest BCUT2D eigenvalue weighted by molar-refractivity contribution is 5.72. The molecular formula is C19H26F3N3O. The van der Waals surface area contributed by atoms with E-state index in [0.717, 1.165) is 32.2 Å². The van der Waals surface area contributed by atoms with E-state index in [9.17, 15) is 18.0 Å². The molecule has 7 heteroatoms. The second-order valence-electron chi connectivity index (χ2n) is 7.36. The van der Waals surface area contributed by atoms with Gasteiger partial charge in [0.1, 0.15) is 0 Å². The Balaban J connectivity index is 1.85. The topological polar surface area (TPSA) is 45.2 Å². The fourth-order valence-corrected chi connectivity index (χ4v) is 4.26. The lowest BCUT2D eigenvalue weighted by Crippen LogP contribution is -2.36. The van der Waals surface area contributed by atoms with Crippen LogP contribution in [0.1, 0.15) is 74.7 Å². The number of halogens is 3. The Bertz CT molecular complexity index is 641. The molecule has 26 heavy (non-hydrogen) atoms. The maximum atomic E-state index is 13.5. The molecule has 144 valence electrons. The summed E-state index contributed by atoms with van der Waals surface area (Å²) in [4.78, 5) is 17.8. The summed E-state index contributed by atoms with van der Waals surface area (Å²) in [6.07, 6.45) is 4.58. The van der Waals surface area contributed by atoms with Gasteiger partial charge in [-0.05, 0) is 38.3 Å². The van der Waals surface area contributed by atoms with Crippen molar-refractivity contribution in [1.29, 1.82) is 0 Å². The van der Waals surface area contributed by atoms with E-state index >= 15 is 0 Å². The van der Waals surface area contributed by atoms with Gasteiger partial charge in [0.25, 0.3) is 0 Å². The SMILES string of the molecule is CC(=O)NCc1cnc([C@@H]2CCCN2C2CCCCC2)cc1C(F)(F)F. The Labute approximate surface area is 152 Å². The van der Waals surface area contributed by atoms with Crippen molar-refractivity contribution in [1.82, 2.24) is 15.2 Å². The van der Waals surface area contributed by atoms with Gasteiger partial charge in [-0.15, -0.1) is 0 Å². The lowest BCUT2D eigenvalue weighted by atomic mass is 9.93. The third-order valence-corrected chi connectivity index (χ3v) is 5.52. The van der Waals surface area contributed by atoms with Crippen molar-refractivity contribution in [3.8, 4) is 0 Å². The lowest BCUT2D eigenvalue weighted by Gasteiger charge is -2.35. The number of rotatable bonds is 4. The maximum absolute atomic E-state index is 13.5. The number of aromatic nitrogens is 1. The molecule has 1 atom stereocenters. The number of alkyl halides is 3. The van der Waals surface area contributed by atoms with E-state index in [-0.39, 0.29) is 24.1 Å². The Morgan fingerprint density at radius 2 is 1.96 bits per heavy atom. The van der Waals surface area contributed by atoms with Crippen LogP contribution >= 0.6 is 0 Å². The molecule has 1 aliphatic carbocycles. The number of likely N-dealkylation sites (tertiary alicyclic amines) is 1. The first-order valence-corrected chi connectivity index (χ1v) is 9.42. The molecule has 1 amide bonds. The van der Waals surface area contributed by atoms with Gasteiger partial charge >= 0.3 is 6.18 Å². The van der Waals surface area contributed by atoms with Gasteiger partial charge in [-0.2, -0.15) is 13.2 Å². The van der Waals surface area contributed by atoms with E-state index in [1.54, 1.807) is 0 Å². The van der Waals surface area contributed by atoms with Crippen molar-refractivity contribution in [3.05, 3.63) is 29.1 Å². The minimum Gasteiger partial charge on any atom is -0.352 e. The molecule has 0 spiro atoms. The molecule has 4 nitrogen and oxygen atoms in total. The standard InChI is InChI=1S/C19H26F3N3O/c1-13(26)23-11-14-12-24-17(10-16(14)19(20,21)22)18-8-5-9-25(18)15-6-3-2-4-7-15/h10,12,15,18H,2-9,11H2,1H3,(H,23,26)/t18-/m0/s1. The maximum Gasteiger partial charge on any atom is 0.416 e. The van der Waals surface area contributed by atoms with Gasteiger partial charge in [0.05, 0.1) is 17.3 Å². The molecule has 1 saturated heterocycles. The van der Waals surface area contributed by atoms with Crippen molar-refractivity contribution in [2.24, 2.45) is 0 Å². The van der Waals surface area contributed by atoms with Gasteiger partial charge in [-0.3, -0.25) is 14.7 Å². The molecule has 3 rings (SSSR count). The van der Waals surface area contributed by atoms with Crippen LogP contribution in [0.4, 0.5) is 13.2 Å². The van der Waals surface area contributed by atoms with E-state index in [0.29, 0.717) is 11.7 Å². The largest absolute Gasteiger partial charge is 0.416 e. The van der Waals surface area contributed by atoms with E-state index in [1.165, 1.54) is 38.4 Å². The molecular weight excluding hydrogens is 343 g/mol. The normalized spacial score (nSPS) is 22.5. The highest BCUT2D eigenvalue weighted by Crippen LogP contribution is 2.39. The number of hydrogen-bond acceptors (Lipinski definition) is 3. The number of carbonyl (C=O) groups excluding carboxylic acids is 1. The molecule has 1 saturated carbocycles. The highest BCUT2D eigenvalue weighted by Gasteiger charge is 2.37. The summed E-state index contributed by atoms with van der Waals surface area (Å²) in [6, 6.07) is 1.63. The number of nitrogens with one attached hydrogen (secondary N) is 1. The smallest absolute Gasteiger partial charge is 0.352 e. The van der Waals surface area contributed by atoms with Gasteiger partial charge in [-0.1, -0.05) is 19.3 Å². The van der Waals surface area contributed by atoms with Crippen LogP contribution in [0.25, 0.3) is 0 Å². The second kappa shape index (κ2) is 7.94. The first-order valence-electron chi connectivity index (χ1n) is 9.42. The zero-order valence-corrected chi connectivity index (χ0v) is 15.1. The fraction of sp³-hybridized carbons (Fsp3) is 0.684. The number of pyridine rings is 1. The fourth-order valence-electron chi connectivity index (χ4n) is 4.26. The van der Waals surface area contributed by atoms with Crippen molar-refractivity contribution < 1.29 is 18.0 Å². The number of nitrogens with zero attached hydrogens (tertiary/aromatic N) is 2. The first kappa shape index (κ1) is 19.1. The Hall–Kier alpha value is -1.63. The molecule has 0 radical (unpaired) electrons. The predicted molar refractivity (Wildman–Crippen MR) is 92.3 cm³/mol. The van der Waals surface area contributed by atoms with Gasteiger partial charge in [0, 0.05) is 31.3 Å². The second-order valence-corrected chi connectivity index (χ2v) is 7.36. The number of hydrogen-bond donors (Lipinski definition) is 1. The first-order chi connectivity index (χ1) is 12.4. The molecule has 0 unspecified atom stereocenters. The number of carbonyl (C=O) groups is 1. The summed E-state index contributed by atoms with van der Waals surface area (Å²) < 4.78 is 40.6. The van der Waals surface area contributed by atoms with Crippen LogP contribution in [0.15, 0.2) is 12.3 Å². The molecule has 0 aromatic carbocycles. The van der Waals surface area contributed by atoms with E-state index in [4.69, 9.17) is 0 Å². The quantitative estimate of drug-likeness (QED) is 0.865. The van der Waals surface area contributed by atoms with Gasteiger partial charge in [0.15, 0.2) is 0 Å². The zero-order valence-electron chi connectivity index (χ0n) is 15.1. The van der Waals surface area contributed by atoms with Crippen molar-refractivity contribution in [2.45, 2.75) is 76.7 Å². The van der Waals surface area contributed by atoms with Crippen LogP contribution in [0.3, 0.4) is 0 Å². The summed E-state index contributed by atoms with van der Waals surface area (Å²) in [7, 11) is 0. The molecule has 2 heterocycles. The molecule has 1 N–H and O–H groups in total. The minimum atomic E-state index is -4.46.